The fourth-order valence-corrected chi connectivity index (χ4v) is 2.75. The zero-order chi connectivity index (χ0) is 19.1. The molecule has 0 bridgehead atoms. The molecule has 3 aromatic carbocycles. The lowest BCUT2D eigenvalue weighted by Crippen LogP contribution is -2.14. The van der Waals surface area contributed by atoms with Crippen molar-refractivity contribution in [3.8, 4) is 16.9 Å². The van der Waals surface area contributed by atoms with Crippen molar-refractivity contribution >= 4 is 11.8 Å². The number of hydrogen-bond acceptors (Lipinski definition) is 4. The van der Waals surface area contributed by atoms with Crippen molar-refractivity contribution in [1.29, 1.82) is 0 Å². The van der Waals surface area contributed by atoms with Gasteiger partial charge in [0, 0.05) is 5.56 Å². The van der Waals surface area contributed by atoms with E-state index in [4.69, 9.17) is 9.47 Å². The Balaban J connectivity index is 0.00000280. The van der Waals surface area contributed by atoms with Gasteiger partial charge in [0.2, 0.25) is 0 Å². The first-order valence-corrected chi connectivity index (χ1v) is 8.76. The molecule has 0 heterocycles. The number of carbonyl (C=O) groups is 2. The van der Waals surface area contributed by atoms with Crippen molar-refractivity contribution in [3.63, 3.8) is 0 Å². The summed E-state index contributed by atoms with van der Waals surface area (Å²) in [4.78, 5) is 24.7. The molecule has 0 radical (unpaired) electrons. The van der Waals surface area contributed by atoms with Crippen LogP contribution >= 0.6 is 0 Å². The summed E-state index contributed by atoms with van der Waals surface area (Å²) >= 11 is 0. The molecule has 0 aliphatic carbocycles. The number of carbonyl (C=O) groups excluding carboxylic acids is 2. The molecule has 0 aromatic heterocycles. The minimum atomic E-state index is -0.531. The van der Waals surface area contributed by atoms with Crippen LogP contribution in [0.5, 0.6) is 5.75 Å². The van der Waals surface area contributed by atoms with Crippen molar-refractivity contribution < 1.29 is 19.1 Å². The van der Waals surface area contributed by atoms with E-state index in [0.29, 0.717) is 17.7 Å². The lowest BCUT2D eigenvalue weighted by Gasteiger charge is -2.11. The number of Topliss-reactive ketones (excluding diaryl/α,β-unsaturated/α-hetero) is 1. The first kappa shape index (κ1) is 20.9. The van der Waals surface area contributed by atoms with Crippen LogP contribution in [-0.4, -0.2) is 25.0 Å². The minimum absolute atomic E-state index is 0. The zero-order valence-corrected chi connectivity index (χ0v) is 15.1. The van der Waals surface area contributed by atoms with E-state index in [9.17, 15) is 9.59 Å². The molecule has 4 nitrogen and oxygen atoms in total. The molecule has 0 fully saturated rings. The fourth-order valence-electron chi connectivity index (χ4n) is 2.75. The van der Waals surface area contributed by atoms with E-state index in [0.717, 1.165) is 16.9 Å². The molecule has 144 valence electrons. The normalized spacial score (nSPS) is 9.89. The Labute approximate surface area is 165 Å². The van der Waals surface area contributed by atoms with Gasteiger partial charge in [0.25, 0.3) is 0 Å². The maximum absolute atomic E-state index is 12.6. The second-order valence-electron chi connectivity index (χ2n) is 5.87. The van der Waals surface area contributed by atoms with Gasteiger partial charge in [0.1, 0.15) is 5.75 Å². The molecule has 0 aliphatic heterocycles. The summed E-state index contributed by atoms with van der Waals surface area (Å²) in [5.41, 5.74) is 2.51. The van der Waals surface area contributed by atoms with Gasteiger partial charge in [0.15, 0.2) is 12.4 Å². The molecule has 0 amide bonds. The van der Waals surface area contributed by atoms with Crippen LogP contribution in [0.15, 0.2) is 78.9 Å². The maximum Gasteiger partial charge on any atom is 0.339 e. The zero-order valence-electron chi connectivity index (χ0n) is 15.1. The van der Waals surface area contributed by atoms with E-state index >= 15 is 0 Å². The molecular formula is C24H24O4. The van der Waals surface area contributed by atoms with E-state index < -0.39 is 5.97 Å². The molecular weight excluding hydrogens is 352 g/mol. The molecule has 0 atom stereocenters. The van der Waals surface area contributed by atoms with E-state index in [-0.39, 0.29) is 19.8 Å². The molecule has 0 saturated heterocycles. The van der Waals surface area contributed by atoms with Crippen LogP contribution in [0, 0.1) is 0 Å². The second kappa shape index (κ2) is 10.1. The van der Waals surface area contributed by atoms with Gasteiger partial charge in [-0.1, -0.05) is 68.1 Å². The number of ketones is 1. The van der Waals surface area contributed by atoms with Crippen LogP contribution in [0.2, 0.25) is 0 Å². The maximum atomic E-state index is 12.6. The van der Waals surface area contributed by atoms with Crippen molar-refractivity contribution in [3.05, 3.63) is 90.0 Å². The van der Waals surface area contributed by atoms with Crippen molar-refractivity contribution in [2.75, 3.05) is 13.2 Å². The third-order valence-electron chi connectivity index (χ3n) is 4.03. The topological polar surface area (TPSA) is 52.6 Å². The van der Waals surface area contributed by atoms with Gasteiger partial charge in [0.05, 0.1) is 12.2 Å². The van der Waals surface area contributed by atoms with E-state index in [1.165, 1.54) is 0 Å². The Bertz CT molecular complexity index is 932. The predicted molar refractivity (Wildman–Crippen MR) is 111 cm³/mol. The largest absolute Gasteiger partial charge is 0.494 e. The molecule has 0 spiro atoms. The molecule has 0 N–H and O–H groups in total. The van der Waals surface area contributed by atoms with Gasteiger partial charge in [-0.15, -0.1) is 0 Å². The van der Waals surface area contributed by atoms with Gasteiger partial charge in [-0.3, -0.25) is 4.79 Å². The lowest BCUT2D eigenvalue weighted by atomic mass is 9.99. The highest BCUT2D eigenvalue weighted by molar-refractivity contribution is 6.01. The number of hydrogen-bond donors (Lipinski definition) is 0. The monoisotopic (exact) mass is 376 g/mol. The summed E-state index contributed by atoms with van der Waals surface area (Å²) in [7, 11) is 0. The van der Waals surface area contributed by atoms with Crippen LogP contribution < -0.4 is 4.74 Å². The van der Waals surface area contributed by atoms with Crippen LogP contribution in [0.1, 0.15) is 35.1 Å². The van der Waals surface area contributed by atoms with Crippen LogP contribution in [-0.2, 0) is 4.74 Å². The van der Waals surface area contributed by atoms with Gasteiger partial charge in [-0.25, -0.2) is 4.79 Å². The molecule has 3 rings (SSSR count). The first-order chi connectivity index (χ1) is 13.2. The average Bonchev–Trinajstić information content (AvgIpc) is 2.73. The Hall–Kier alpha value is -3.40. The molecule has 28 heavy (non-hydrogen) atoms. The van der Waals surface area contributed by atoms with E-state index in [1.807, 2.05) is 49.4 Å². The Morgan fingerprint density at radius 1 is 0.857 bits per heavy atom. The van der Waals surface area contributed by atoms with Crippen LogP contribution in [0.25, 0.3) is 11.1 Å². The van der Waals surface area contributed by atoms with Crippen molar-refractivity contribution in [1.82, 2.24) is 0 Å². The highest BCUT2D eigenvalue weighted by atomic mass is 16.5. The number of benzene rings is 3. The number of rotatable bonds is 7. The molecule has 0 aliphatic rings. The van der Waals surface area contributed by atoms with E-state index in [1.54, 1.807) is 36.4 Å². The van der Waals surface area contributed by atoms with Gasteiger partial charge in [-0.05, 0) is 36.2 Å². The van der Waals surface area contributed by atoms with Gasteiger partial charge in [-0.2, -0.15) is 0 Å². The minimum Gasteiger partial charge on any atom is -0.494 e. The van der Waals surface area contributed by atoms with Crippen LogP contribution in [0.3, 0.4) is 0 Å². The lowest BCUT2D eigenvalue weighted by molar-refractivity contribution is 0.0475. The SMILES string of the molecule is C.CCOc1cccc(-c2ccccc2C(=O)OCC(=O)c2ccccc2)c1. The number of esters is 1. The summed E-state index contributed by atoms with van der Waals surface area (Å²) in [5, 5.41) is 0. The summed E-state index contributed by atoms with van der Waals surface area (Å²) in [6, 6.07) is 23.5. The third-order valence-corrected chi connectivity index (χ3v) is 4.03. The highest BCUT2D eigenvalue weighted by Crippen LogP contribution is 2.27. The standard InChI is InChI=1S/C23H20O4.CH4/c1-2-26-19-12-8-11-18(15-19)20-13-6-7-14-21(20)23(25)27-16-22(24)17-9-4-3-5-10-17;/h3-15H,2,16H2,1H3;1H4. The Morgan fingerprint density at radius 3 is 2.32 bits per heavy atom. The Kier molecular flexibility index (Phi) is 7.52. The van der Waals surface area contributed by atoms with Crippen molar-refractivity contribution in [2.45, 2.75) is 14.4 Å². The first-order valence-electron chi connectivity index (χ1n) is 8.76. The second-order valence-corrected chi connectivity index (χ2v) is 5.87. The smallest absolute Gasteiger partial charge is 0.339 e. The van der Waals surface area contributed by atoms with Gasteiger partial charge >= 0.3 is 5.97 Å². The third kappa shape index (κ3) is 5.07. The molecule has 0 saturated carbocycles. The summed E-state index contributed by atoms with van der Waals surface area (Å²) in [6.45, 7) is 2.19. The molecule has 3 aromatic rings. The quantitative estimate of drug-likeness (QED) is 0.408. The van der Waals surface area contributed by atoms with Crippen molar-refractivity contribution in [2.24, 2.45) is 0 Å². The molecule has 4 heteroatoms. The highest BCUT2D eigenvalue weighted by Gasteiger charge is 2.16. The van der Waals surface area contributed by atoms with Gasteiger partial charge < -0.3 is 9.47 Å². The number of ether oxygens (including phenoxy) is 2. The molecule has 0 unspecified atom stereocenters. The summed E-state index contributed by atoms with van der Waals surface area (Å²) in [5.74, 6) is -0.0334. The predicted octanol–water partition coefficient (Wildman–Crippen LogP) is 5.43. The summed E-state index contributed by atoms with van der Waals surface area (Å²) in [6.07, 6.45) is 0. The summed E-state index contributed by atoms with van der Waals surface area (Å²) < 4.78 is 10.8. The Morgan fingerprint density at radius 2 is 1.57 bits per heavy atom. The van der Waals surface area contributed by atoms with Crippen LogP contribution in [0.4, 0.5) is 0 Å². The fraction of sp³-hybridized carbons (Fsp3) is 0.167. The van der Waals surface area contributed by atoms with E-state index in [2.05, 4.69) is 0 Å². The average molecular weight is 376 g/mol.